The highest BCUT2D eigenvalue weighted by atomic mass is 14.7. The maximum atomic E-state index is 6.14. The fourth-order valence-corrected chi connectivity index (χ4v) is 2.29. The van der Waals surface area contributed by atoms with E-state index in [4.69, 9.17) is 5.73 Å². The molecule has 1 aromatic rings. The zero-order chi connectivity index (χ0) is 10.5. The number of aryl methyl sites for hydroxylation is 1. The zero-order valence-electron chi connectivity index (χ0n) is 9.36. The Kier molecular flexibility index (Phi) is 3.79. The zero-order valence-corrected chi connectivity index (χ0v) is 9.36. The Hall–Kier alpha value is -0.820. The lowest BCUT2D eigenvalue weighted by Crippen LogP contribution is -2.34. The van der Waals surface area contributed by atoms with Crippen molar-refractivity contribution in [2.24, 2.45) is 11.7 Å². The van der Waals surface area contributed by atoms with Crippen molar-refractivity contribution in [2.75, 3.05) is 0 Å². The van der Waals surface area contributed by atoms with E-state index in [1.807, 2.05) is 0 Å². The van der Waals surface area contributed by atoms with Gasteiger partial charge in [-0.25, -0.2) is 0 Å². The first kappa shape index (κ1) is 10.7. The van der Waals surface area contributed by atoms with E-state index in [9.17, 15) is 0 Å². The van der Waals surface area contributed by atoms with E-state index in [1.165, 1.54) is 44.1 Å². The molecule has 0 amide bonds. The molecule has 0 aromatic heterocycles. The highest BCUT2D eigenvalue weighted by molar-refractivity contribution is 5.14. The molecule has 1 nitrogen and oxygen atoms in total. The van der Waals surface area contributed by atoms with Gasteiger partial charge in [0, 0.05) is 6.04 Å². The number of nitrogens with two attached hydrogens (primary N) is 1. The van der Waals surface area contributed by atoms with E-state index >= 15 is 0 Å². The Morgan fingerprint density at radius 1 is 1.20 bits per heavy atom. The first-order valence-corrected chi connectivity index (χ1v) is 6.16. The lowest BCUT2D eigenvalue weighted by molar-refractivity contribution is 0.250. The molecule has 1 saturated carbocycles. The Morgan fingerprint density at radius 2 is 1.93 bits per heavy atom. The van der Waals surface area contributed by atoms with Crippen LogP contribution in [0.25, 0.3) is 0 Å². The Labute approximate surface area is 92.7 Å². The minimum Gasteiger partial charge on any atom is -0.327 e. The highest BCUT2D eigenvalue weighted by Crippen LogP contribution is 2.30. The summed E-state index contributed by atoms with van der Waals surface area (Å²) in [6, 6.07) is 11.2. The van der Waals surface area contributed by atoms with E-state index < -0.39 is 0 Å². The van der Waals surface area contributed by atoms with Gasteiger partial charge in [-0.2, -0.15) is 0 Å². The number of hydrogen-bond acceptors (Lipinski definition) is 1. The molecule has 0 spiro atoms. The summed E-state index contributed by atoms with van der Waals surface area (Å²) in [4.78, 5) is 0. The highest BCUT2D eigenvalue weighted by Gasteiger charge is 2.23. The van der Waals surface area contributed by atoms with Crippen LogP contribution in [-0.4, -0.2) is 6.04 Å². The fraction of sp³-hybridized carbons (Fsp3) is 0.571. The van der Waals surface area contributed by atoms with Crippen LogP contribution < -0.4 is 5.73 Å². The van der Waals surface area contributed by atoms with Gasteiger partial charge in [0.1, 0.15) is 0 Å². The van der Waals surface area contributed by atoms with Gasteiger partial charge < -0.3 is 5.73 Å². The molecule has 1 unspecified atom stereocenters. The van der Waals surface area contributed by atoms with Gasteiger partial charge in [-0.05, 0) is 43.6 Å². The predicted octanol–water partition coefficient (Wildman–Crippen LogP) is 3.14. The summed E-state index contributed by atoms with van der Waals surface area (Å²) in [5.41, 5.74) is 7.59. The fourth-order valence-electron chi connectivity index (χ4n) is 2.29. The third-order valence-corrected chi connectivity index (χ3v) is 3.60. The molecular weight excluding hydrogens is 182 g/mol. The molecule has 0 radical (unpaired) electrons. The second kappa shape index (κ2) is 5.32. The molecule has 1 aliphatic rings. The van der Waals surface area contributed by atoms with Crippen molar-refractivity contribution in [3.63, 3.8) is 0 Å². The molecule has 1 aromatic carbocycles. The van der Waals surface area contributed by atoms with Crippen LogP contribution >= 0.6 is 0 Å². The van der Waals surface area contributed by atoms with E-state index in [0.29, 0.717) is 6.04 Å². The summed E-state index contributed by atoms with van der Waals surface area (Å²) >= 11 is 0. The minimum atomic E-state index is 0.461. The number of benzene rings is 1. The molecule has 1 fully saturated rings. The topological polar surface area (TPSA) is 26.0 Å². The Balaban J connectivity index is 1.66. The maximum absolute atomic E-state index is 6.14. The molecule has 0 saturated heterocycles. The molecule has 1 aliphatic carbocycles. The van der Waals surface area contributed by atoms with Crippen LogP contribution in [0.5, 0.6) is 0 Å². The number of rotatable bonds is 5. The van der Waals surface area contributed by atoms with Crippen molar-refractivity contribution in [3.05, 3.63) is 35.9 Å². The van der Waals surface area contributed by atoms with Crippen LogP contribution in [-0.2, 0) is 6.42 Å². The van der Waals surface area contributed by atoms with Gasteiger partial charge >= 0.3 is 0 Å². The average Bonchev–Trinajstić information content (AvgIpc) is 2.16. The summed E-state index contributed by atoms with van der Waals surface area (Å²) in [7, 11) is 0. The smallest absolute Gasteiger partial charge is 0.00672 e. The van der Waals surface area contributed by atoms with Crippen LogP contribution in [0.2, 0.25) is 0 Å². The summed E-state index contributed by atoms with van der Waals surface area (Å²) < 4.78 is 0. The van der Waals surface area contributed by atoms with Crippen molar-refractivity contribution in [3.8, 4) is 0 Å². The second-order valence-electron chi connectivity index (χ2n) is 4.73. The van der Waals surface area contributed by atoms with E-state index in [-0.39, 0.29) is 0 Å². The standard InChI is InChI=1S/C14H21N/c15-14(13-9-5-10-13)11-4-8-12-6-2-1-3-7-12/h1-3,6-7,13-14H,4-5,8-11,15H2. The molecule has 2 rings (SSSR count). The molecule has 1 heteroatoms. The molecule has 0 heterocycles. The molecule has 0 aliphatic heterocycles. The van der Waals surface area contributed by atoms with E-state index in [0.717, 1.165) is 5.92 Å². The first-order valence-electron chi connectivity index (χ1n) is 6.16. The molecule has 82 valence electrons. The van der Waals surface area contributed by atoms with Crippen LogP contribution in [0.15, 0.2) is 30.3 Å². The lowest BCUT2D eigenvalue weighted by atomic mass is 9.78. The first-order chi connectivity index (χ1) is 7.36. The largest absolute Gasteiger partial charge is 0.327 e. The van der Waals surface area contributed by atoms with Crippen molar-refractivity contribution in [1.29, 1.82) is 0 Å². The summed E-state index contributed by atoms with van der Waals surface area (Å²) in [6.07, 6.45) is 7.75. The van der Waals surface area contributed by atoms with Crippen LogP contribution in [0.1, 0.15) is 37.7 Å². The average molecular weight is 203 g/mol. The summed E-state index contributed by atoms with van der Waals surface area (Å²) in [5.74, 6) is 0.834. The van der Waals surface area contributed by atoms with Gasteiger partial charge in [0.2, 0.25) is 0 Å². The van der Waals surface area contributed by atoms with E-state index in [1.54, 1.807) is 0 Å². The van der Waals surface area contributed by atoms with Gasteiger partial charge in [-0.1, -0.05) is 36.8 Å². The molecule has 15 heavy (non-hydrogen) atoms. The maximum Gasteiger partial charge on any atom is 0.00672 e. The monoisotopic (exact) mass is 203 g/mol. The molecule has 0 bridgehead atoms. The lowest BCUT2D eigenvalue weighted by Gasteiger charge is -2.31. The number of hydrogen-bond donors (Lipinski definition) is 1. The summed E-state index contributed by atoms with van der Waals surface area (Å²) in [6.45, 7) is 0. The third kappa shape index (κ3) is 3.07. The van der Waals surface area contributed by atoms with Gasteiger partial charge in [0.15, 0.2) is 0 Å². The Morgan fingerprint density at radius 3 is 2.53 bits per heavy atom. The Bertz CT molecular complexity index is 277. The summed E-state index contributed by atoms with van der Waals surface area (Å²) in [5, 5.41) is 0. The van der Waals surface area contributed by atoms with Crippen LogP contribution in [0.3, 0.4) is 0 Å². The van der Waals surface area contributed by atoms with Crippen LogP contribution in [0.4, 0.5) is 0 Å². The molecule has 1 atom stereocenters. The quantitative estimate of drug-likeness (QED) is 0.781. The van der Waals surface area contributed by atoms with Crippen molar-refractivity contribution < 1.29 is 0 Å². The van der Waals surface area contributed by atoms with Gasteiger partial charge in [0.25, 0.3) is 0 Å². The second-order valence-corrected chi connectivity index (χ2v) is 4.73. The minimum absolute atomic E-state index is 0.461. The van der Waals surface area contributed by atoms with Crippen LogP contribution in [0, 0.1) is 5.92 Å². The van der Waals surface area contributed by atoms with Crippen molar-refractivity contribution in [2.45, 2.75) is 44.6 Å². The molecular formula is C14H21N. The van der Waals surface area contributed by atoms with E-state index in [2.05, 4.69) is 30.3 Å². The van der Waals surface area contributed by atoms with Crippen molar-refractivity contribution >= 4 is 0 Å². The van der Waals surface area contributed by atoms with Crippen molar-refractivity contribution in [1.82, 2.24) is 0 Å². The predicted molar refractivity (Wildman–Crippen MR) is 64.7 cm³/mol. The van der Waals surface area contributed by atoms with Gasteiger partial charge in [-0.3, -0.25) is 0 Å². The van der Waals surface area contributed by atoms with Gasteiger partial charge in [-0.15, -0.1) is 0 Å². The van der Waals surface area contributed by atoms with Gasteiger partial charge in [0.05, 0.1) is 0 Å². The molecule has 2 N–H and O–H groups in total. The normalized spacial score (nSPS) is 18.5. The SMILES string of the molecule is NC(CCCc1ccccc1)C1CCC1. The third-order valence-electron chi connectivity index (χ3n) is 3.60.